The van der Waals surface area contributed by atoms with Gasteiger partial charge in [-0.1, -0.05) is 11.8 Å². The molecule has 1 aliphatic carbocycles. The van der Waals surface area contributed by atoms with Crippen molar-refractivity contribution in [2.75, 3.05) is 5.75 Å². The number of hydrogen-bond acceptors (Lipinski definition) is 4. The molecule has 0 saturated heterocycles. The van der Waals surface area contributed by atoms with Crippen LogP contribution in [0.4, 0.5) is 0 Å². The maximum atomic E-state index is 9.61. The molecule has 1 fully saturated rings. The van der Waals surface area contributed by atoms with Gasteiger partial charge in [-0.25, -0.2) is 0 Å². The standard InChI is InChI=1S/C11H19N3OS/c1-11(2,15)6-7-16-10-13-12-9(14(10)3)8-4-5-8/h8,15H,4-7H2,1-3H3. The molecule has 1 aliphatic rings. The van der Waals surface area contributed by atoms with Gasteiger partial charge in [-0.3, -0.25) is 0 Å². The minimum Gasteiger partial charge on any atom is -0.390 e. The maximum Gasteiger partial charge on any atom is 0.190 e. The van der Waals surface area contributed by atoms with Gasteiger partial charge in [0, 0.05) is 18.7 Å². The van der Waals surface area contributed by atoms with Gasteiger partial charge in [0.2, 0.25) is 0 Å². The second-order valence-corrected chi connectivity index (χ2v) is 6.15. The van der Waals surface area contributed by atoms with Gasteiger partial charge in [-0.15, -0.1) is 10.2 Å². The molecule has 0 unspecified atom stereocenters. The predicted octanol–water partition coefficient (Wildman–Crippen LogP) is 1.95. The Labute approximate surface area is 100 Å². The Morgan fingerprint density at radius 2 is 2.12 bits per heavy atom. The highest BCUT2D eigenvalue weighted by Gasteiger charge is 2.29. The lowest BCUT2D eigenvalue weighted by Crippen LogP contribution is -2.19. The monoisotopic (exact) mass is 241 g/mol. The van der Waals surface area contributed by atoms with Gasteiger partial charge in [0.15, 0.2) is 5.16 Å². The van der Waals surface area contributed by atoms with Gasteiger partial charge in [0.25, 0.3) is 0 Å². The van der Waals surface area contributed by atoms with Gasteiger partial charge >= 0.3 is 0 Å². The quantitative estimate of drug-likeness (QED) is 0.800. The third-order valence-corrected chi connectivity index (χ3v) is 3.78. The van der Waals surface area contributed by atoms with Crippen LogP contribution < -0.4 is 0 Å². The largest absolute Gasteiger partial charge is 0.390 e. The average molecular weight is 241 g/mol. The van der Waals surface area contributed by atoms with E-state index < -0.39 is 5.60 Å². The van der Waals surface area contributed by atoms with Crippen LogP contribution in [0.2, 0.25) is 0 Å². The summed E-state index contributed by atoms with van der Waals surface area (Å²) in [5.41, 5.74) is -0.592. The molecule has 1 N–H and O–H groups in total. The number of thioether (sulfide) groups is 1. The van der Waals surface area contributed by atoms with Crippen LogP contribution >= 0.6 is 11.8 Å². The van der Waals surface area contributed by atoms with Crippen LogP contribution in [0.5, 0.6) is 0 Å². The van der Waals surface area contributed by atoms with Crippen molar-refractivity contribution in [3.63, 3.8) is 0 Å². The molecule has 16 heavy (non-hydrogen) atoms. The van der Waals surface area contributed by atoms with E-state index in [0.717, 1.165) is 23.2 Å². The molecule has 5 heteroatoms. The Bertz CT molecular complexity index is 366. The molecule has 0 atom stereocenters. The Morgan fingerprint density at radius 1 is 1.44 bits per heavy atom. The minimum absolute atomic E-state index is 0.592. The third kappa shape index (κ3) is 2.98. The van der Waals surface area contributed by atoms with E-state index in [1.165, 1.54) is 12.8 Å². The Hall–Kier alpha value is -0.550. The lowest BCUT2D eigenvalue weighted by atomic mass is 10.1. The molecular weight excluding hydrogens is 222 g/mol. The van der Waals surface area contributed by atoms with E-state index in [4.69, 9.17) is 0 Å². The number of nitrogens with zero attached hydrogens (tertiary/aromatic N) is 3. The summed E-state index contributed by atoms with van der Waals surface area (Å²) >= 11 is 1.67. The zero-order valence-corrected chi connectivity index (χ0v) is 10.9. The van der Waals surface area contributed by atoms with Crippen LogP contribution in [-0.2, 0) is 7.05 Å². The molecule has 0 bridgehead atoms. The molecule has 0 aromatic carbocycles. The van der Waals surface area contributed by atoms with E-state index in [0.29, 0.717) is 5.92 Å². The fourth-order valence-corrected chi connectivity index (χ4v) is 2.71. The number of aromatic nitrogens is 3. The lowest BCUT2D eigenvalue weighted by Gasteiger charge is -2.15. The summed E-state index contributed by atoms with van der Waals surface area (Å²) in [6.45, 7) is 3.67. The zero-order chi connectivity index (χ0) is 11.8. The van der Waals surface area contributed by atoms with Crippen LogP contribution in [0.3, 0.4) is 0 Å². The molecule has 1 aromatic heterocycles. The fraction of sp³-hybridized carbons (Fsp3) is 0.818. The Kier molecular flexibility index (Phi) is 3.26. The van der Waals surface area contributed by atoms with Gasteiger partial charge < -0.3 is 9.67 Å². The molecule has 0 radical (unpaired) electrons. The van der Waals surface area contributed by atoms with E-state index in [9.17, 15) is 5.11 Å². The first kappa shape index (κ1) is 11.9. The first-order valence-corrected chi connectivity index (χ1v) is 6.70. The number of rotatable bonds is 5. The highest BCUT2D eigenvalue weighted by Crippen LogP contribution is 2.39. The molecule has 1 saturated carbocycles. The minimum atomic E-state index is -0.592. The second-order valence-electron chi connectivity index (χ2n) is 5.08. The summed E-state index contributed by atoms with van der Waals surface area (Å²) in [5.74, 6) is 2.63. The number of hydrogen-bond donors (Lipinski definition) is 1. The fourth-order valence-electron chi connectivity index (χ4n) is 1.54. The van der Waals surface area contributed by atoms with E-state index in [1.54, 1.807) is 11.8 Å². The summed E-state index contributed by atoms with van der Waals surface area (Å²) in [6.07, 6.45) is 3.27. The molecule has 4 nitrogen and oxygen atoms in total. The molecule has 1 aromatic rings. The van der Waals surface area contributed by atoms with Gasteiger partial charge in [-0.2, -0.15) is 0 Å². The summed E-state index contributed by atoms with van der Waals surface area (Å²) < 4.78 is 2.09. The zero-order valence-electron chi connectivity index (χ0n) is 10.1. The van der Waals surface area contributed by atoms with Crippen molar-refractivity contribution in [3.05, 3.63) is 5.82 Å². The van der Waals surface area contributed by atoms with Crippen LogP contribution in [0, 0.1) is 0 Å². The maximum absolute atomic E-state index is 9.61. The molecule has 0 amide bonds. The Morgan fingerprint density at radius 3 is 2.69 bits per heavy atom. The van der Waals surface area contributed by atoms with Crippen LogP contribution in [0.25, 0.3) is 0 Å². The van der Waals surface area contributed by atoms with Crippen molar-refractivity contribution in [1.82, 2.24) is 14.8 Å². The van der Waals surface area contributed by atoms with Crippen molar-refractivity contribution in [2.45, 2.75) is 49.8 Å². The lowest BCUT2D eigenvalue weighted by molar-refractivity contribution is 0.0777. The van der Waals surface area contributed by atoms with E-state index >= 15 is 0 Å². The summed E-state index contributed by atoms with van der Waals surface area (Å²) in [7, 11) is 2.03. The summed E-state index contributed by atoms with van der Waals surface area (Å²) in [6, 6.07) is 0. The highest BCUT2D eigenvalue weighted by molar-refractivity contribution is 7.99. The van der Waals surface area contributed by atoms with Crippen molar-refractivity contribution in [2.24, 2.45) is 7.05 Å². The van der Waals surface area contributed by atoms with E-state index in [-0.39, 0.29) is 0 Å². The van der Waals surface area contributed by atoms with Crippen molar-refractivity contribution in [1.29, 1.82) is 0 Å². The van der Waals surface area contributed by atoms with Crippen LogP contribution in [0.15, 0.2) is 5.16 Å². The van der Waals surface area contributed by atoms with Crippen molar-refractivity contribution >= 4 is 11.8 Å². The predicted molar refractivity (Wildman–Crippen MR) is 64.6 cm³/mol. The van der Waals surface area contributed by atoms with E-state index in [1.807, 2.05) is 20.9 Å². The number of aliphatic hydroxyl groups is 1. The molecule has 2 rings (SSSR count). The van der Waals surface area contributed by atoms with Gasteiger partial charge in [0.05, 0.1) is 5.60 Å². The highest BCUT2D eigenvalue weighted by atomic mass is 32.2. The third-order valence-electron chi connectivity index (χ3n) is 2.76. The van der Waals surface area contributed by atoms with Crippen molar-refractivity contribution in [3.8, 4) is 0 Å². The van der Waals surface area contributed by atoms with Gasteiger partial charge in [0.1, 0.15) is 5.82 Å². The second kappa shape index (κ2) is 4.37. The molecular formula is C11H19N3OS. The first-order valence-electron chi connectivity index (χ1n) is 5.72. The molecule has 0 spiro atoms. The molecule has 1 heterocycles. The smallest absolute Gasteiger partial charge is 0.190 e. The SMILES string of the molecule is Cn1c(SCCC(C)(C)O)nnc1C1CC1. The first-order chi connectivity index (χ1) is 7.47. The van der Waals surface area contributed by atoms with Crippen LogP contribution in [0.1, 0.15) is 44.9 Å². The topological polar surface area (TPSA) is 50.9 Å². The Balaban J connectivity index is 1.89. The molecule has 90 valence electrons. The normalized spacial score (nSPS) is 16.8. The van der Waals surface area contributed by atoms with Crippen molar-refractivity contribution < 1.29 is 5.11 Å². The van der Waals surface area contributed by atoms with Gasteiger partial charge in [-0.05, 0) is 33.1 Å². The summed E-state index contributed by atoms with van der Waals surface area (Å²) in [4.78, 5) is 0. The summed E-state index contributed by atoms with van der Waals surface area (Å²) in [5, 5.41) is 19.0. The average Bonchev–Trinajstić information content (AvgIpc) is 2.93. The molecule has 0 aliphatic heterocycles. The van der Waals surface area contributed by atoms with Crippen LogP contribution in [-0.4, -0.2) is 31.2 Å². The van der Waals surface area contributed by atoms with E-state index in [2.05, 4.69) is 14.8 Å².